The summed E-state index contributed by atoms with van der Waals surface area (Å²) in [7, 11) is 0. The smallest absolute Gasteiger partial charge is 0.0839 e. The van der Waals surface area contributed by atoms with E-state index in [1.54, 1.807) is 0 Å². The molecular weight excluding hydrogens is 203 g/mol. The minimum Gasteiger partial charge on any atom is -0.113 e. The monoisotopic (exact) mass is 212 g/mol. The van der Waals surface area contributed by atoms with Crippen molar-refractivity contribution in [2.45, 2.75) is 13.8 Å². The van der Waals surface area contributed by atoms with Gasteiger partial charge in [-0.15, -0.1) is 11.6 Å². The minimum absolute atomic E-state index is 0.362. The van der Waals surface area contributed by atoms with Crippen molar-refractivity contribution >= 4 is 23.2 Å². The lowest BCUT2D eigenvalue weighted by Crippen LogP contribution is -1.85. The first-order valence-electron chi connectivity index (χ1n) is 3.96. The van der Waals surface area contributed by atoms with Crippen LogP contribution in [0.1, 0.15) is 16.7 Å². The van der Waals surface area contributed by atoms with Gasteiger partial charge in [0.25, 0.3) is 0 Å². The van der Waals surface area contributed by atoms with E-state index < -0.39 is 0 Å². The molecule has 0 amide bonds. The van der Waals surface area contributed by atoms with Gasteiger partial charge in [0.15, 0.2) is 0 Å². The van der Waals surface area contributed by atoms with Crippen molar-refractivity contribution in [1.82, 2.24) is 0 Å². The second kappa shape index (κ2) is 4.56. The molecule has 0 aliphatic carbocycles. The standard InChI is InChI=1S/C11H10Cl2/c1-8-7-11(13)9(2)6-10(8)4-3-5-12/h6-7H,5H2,1-2H3. The predicted octanol–water partition coefficient (Wildman–Crippen LogP) is 3.55. The Morgan fingerprint density at radius 2 is 1.92 bits per heavy atom. The van der Waals surface area contributed by atoms with E-state index in [2.05, 4.69) is 11.8 Å². The van der Waals surface area contributed by atoms with Crippen LogP contribution in [0.5, 0.6) is 0 Å². The molecule has 0 aliphatic rings. The SMILES string of the molecule is Cc1cc(C#CCCl)c(C)cc1Cl. The first-order valence-corrected chi connectivity index (χ1v) is 4.88. The van der Waals surface area contributed by atoms with E-state index in [1.807, 2.05) is 26.0 Å². The Labute approximate surface area is 88.9 Å². The van der Waals surface area contributed by atoms with Crippen molar-refractivity contribution in [2.24, 2.45) is 0 Å². The van der Waals surface area contributed by atoms with Gasteiger partial charge in [-0.3, -0.25) is 0 Å². The van der Waals surface area contributed by atoms with Gasteiger partial charge in [0.05, 0.1) is 5.88 Å². The van der Waals surface area contributed by atoms with Crippen molar-refractivity contribution in [3.63, 3.8) is 0 Å². The lowest BCUT2D eigenvalue weighted by molar-refractivity contribution is 1.37. The van der Waals surface area contributed by atoms with E-state index in [-0.39, 0.29) is 0 Å². The molecule has 0 heterocycles. The van der Waals surface area contributed by atoms with Crippen LogP contribution in [0.25, 0.3) is 0 Å². The quantitative estimate of drug-likeness (QED) is 0.456. The molecule has 13 heavy (non-hydrogen) atoms. The number of aryl methyl sites for hydroxylation is 2. The van der Waals surface area contributed by atoms with Gasteiger partial charge in [-0.2, -0.15) is 0 Å². The average Bonchev–Trinajstić information content (AvgIpc) is 2.09. The van der Waals surface area contributed by atoms with Gasteiger partial charge in [0.2, 0.25) is 0 Å². The topological polar surface area (TPSA) is 0 Å². The number of hydrogen-bond acceptors (Lipinski definition) is 0. The number of halogens is 2. The zero-order valence-corrected chi connectivity index (χ0v) is 9.13. The average molecular weight is 213 g/mol. The maximum atomic E-state index is 5.95. The summed E-state index contributed by atoms with van der Waals surface area (Å²) in [6, 6.07) is 3.91. The molecule has 0 atom stereocenters. The van der Waals surface area contributed by atoms with Crippen molar-refractivity contribution in [3.05, 3.63) is 33.8 Å². The second-order valence-electron chi connectivity index (χ2n) is 2.85. The molecule has 0 radical (unpaired) electrons. The Balaban J connectivity index is 3.16. The third kappa shape index (κ3) is 2.66. The van der Waals surface area contributed by atoms with Crippen LogP contribution >= 0.6 is 23.2 Å². The highest BCUT2D eigenvalue weighted by Crippen LogP contribution is 2.19. The molecule has 1 aromatic rings. The van der Waals surface area contributed by atoms with E-state index in [0.717, 1.165) is 21.7 Å². The van der Waals surface area contributed by atoms with E-state index in [4.69, 9.17) is 23.2 Å². The number of hydrogen-bond donors (Lipinski definition) is 0. The maximum absolute atomic E-state index is 5.95. The molecule has 0 spiro atoms. The third-order valence-corrected chi connectivity index (χ3v) is 2.34. The molecule has 0 bridgehead atoms. The van der Waals surface area contributed by atoms with Crippen molar-refractivity contribution in [3.8, 4) is 11.8 Å². The van der Waals surface area contributed by atoms with Crippen molar-refractivity contribution < 1.29 is 0 Å². The molecule has 0 saturated carbocycles. The molecule has 2 heteroatoms. The summed E-state index contributed by atoms with van der Waals surface area (Å²) in [6.07, 6.45) is 0. The van der Waals surface area contributed by atoms with Crippen LogP contribution < -0.4 is 0 Å². The van der Waals surface area contributed by atoms with Gasteiger partial charge in [0.1, 0.15) is 0 Å². The van der Waals surface area contributed by atoms with Crippen molar-refractivity contribution in [2.75, 3.05) is 5.88 Å². The fourth-order valence-corrected chi connectivity index (χ4v) is 1.33. The Morgan fingerprint density at radius 3 is 2.54 bits per heavy atom. The molecule has 0 N–H and O–H groups in total. The highest BCUT2D eigenvalue weighted by Gasteiger charge is 1.99. The fraction of sp³-hybridized carbons (Fsp3) is 0.273. The van der Waals surface area contributed by atoms with E-state index >= 15 is 0 Å². The predicted molar refractivity (Wildman–Crippen MR) is 58.5 cm³/mol. The summed E-state index contributed by atoms with van der Waals surface area (Å²) in [5.74, 6) is 6.18. The number of benzene rings is 1. The van der Waals surface area contributed by atoms with Gasteiger partial charge >= 0.3 is 0 Å². The third-order valence-electron chi connectivity index (χ3n) is 1.80. The Morgan fingerprint density at radius 1 is 1.23 bits per heavy atom. The molecule has 0 aliphatic heterocycles. The zero-order valence-electron chi connectivity index (χ0n) is 7.62. The van der Waals surface area contributed by atoms with Crippen LogP contribution in [0.3, 0.4) is 0 Å². The Kier molecular flexibility index (Phi) is 3.66. The van der Waals surface area contributed by atoms with E-state index in [1.165, 1.54) is 0 Å². The number of alkyl halides is 1. The maximum Gasteiger partial charge on any atom is 0.0839 e. The second-order valence-corrected chi connectivity index (χ2v) is 3.53. The van der Waals surface area contributed by atoms with E-state index in [0.29, 0.717) is 5.88 Å². The summed E-state index contributed by atoms with van der Waals surface area (Å²) < 4.78 is 0. The van der Waals surface area contributed by atoms with Crippen LogP contribution in [0.15, 0.2) is 12.1 Å². The molecule has 0 fully saturated rings. The molecule has 0 aromatic heterocycles. The fourth-order valence-electron chi connectivity index (χ4n) is 1.04. The molecule has 0 unspecified atom stereocenters. The lowest BCUT2D eigenvalue weighted by atomic mass is 10.1. The Hall–Kier alpha value is -0.640. The van der Waals surface area contributed by atoms with Gasteiger partial charge in [-0.05, 0) is 37.1 Å². The van der Waals surface area contributed by atoms with Gasteiger partial charge in [0, 0.05) is 10.6 Å². The van der Waals surface area contributed by atoms with Gasteiger partial charge in [-0.25, -0.2) is 0 Å². The lowest BCUT2D eigenvalue weighted by Gasteiger charge is -2.02. The van der Waals surface area contributed by atoms with Gasteiger partial charge < -0.3 is 0 Å². The van der Waals surface area contributed by atoms with Crippen molar-refractivity contribution in [1.29, 1.82) is 0 Å². The minimum atomic E-state index is 0.362. The van der Waals surface area contributed by atoms with Crippen LogP contribution in [-0.4, -0.2) is 5.88 Å². The molecule has 1 aromatic carbocycles. The largest absolute Gasteiger partial charge is 0.113 e. The summed E-state index contributed by atoms with van der Waals surface area (Å²) in [6.45, 7) is 3.96. The van der Waals surface area contributed by atoms with Gasteiger partial charge in [-0.1, -0.05) is 23.4 Å². The van der Waals surface area contributed by atoms with Crippen LogP contribution in [0, 0.1) is 25.7 Å². The Bertz CT molecular complexity index is 370. The summed E-state index contributed by atoms with van der Waals surface area (Å²) >= 11 is 11.4. The molecular formula is C11H10Cl2. The normalized spacial score (nSPS) is 9.23. The molecule has 1 rings (SSSR count). The highest BCUT2D eigenvalue weighted by atomic mass is 35.5. The number of rotatable bonds is 0. The van der Waals surface area contributed by atoms with E-state index in [9.17, 15) is 0 Å². The van der Waals surface area contributed by atoms with Crippen LogP contribution in [-0.2, 0) is 0 Å². The first kappa shape index (κ1) is 10.4. The van der Waals surface area contributed by atoms with Crippen LogP contribution in [0.2, 0.25) is 5.02 Å². The summed E-state index contributed by atoms with van der Waals surface area (Å²) in [4.78, 5) is 0. The molecule has 0 saturated heterocycles. The summed E-state index contributed by atoms with van der Waals surface area (Å²) in [5.41, 5.74) is 3.14. The van der Waals surface area contributed by atoms with Crippen LogP contribution in [0.4, 0.5) is 0 Å². The molecule has 68 valence electrons. The highest BCUT2D eigenvalue weighted by molar-refractivity contribution is 6.31. The molecule has 0 nitrogen and oxygen atoms in total. The summed E-state index contributed by atoms with van der Waals surface area (Å²) in [5, 5.41) is 0.786. The first-order chi connectivity index (χ1) is 6.15. The zero-order chi connectivity index (χ0) is 9.84.